The first-order chi connectivity index (χ1) is 11.3. The number of fused-ring (bicyclic) bond motifs is 1. The summed E-state index contributed by atoms with van der Waals surface area (Å²) in [7, 11) is -3.05. The van der Waals surface area contributed by atoms with Crippen molar-refractivity contribution in [3.05, 3.63) is 59.1 Å². The van der Waals surface area contributed by atoms with Crippen LogP contribution in [-0.2, 0) is 10.0 Å². The Morgan fingerprint density at radius 2 is 1.71 bits per heavy atom. The molecular formula is C16H14F2N2O2S2. The van der Waals surface area contributed by atoms with Crippen molar-refractivity contribution in [3.8, 4) is 0 Å². The summed E-state index contributed by atoms with van der Waals surface area (Å²) in [5, 5.41) is 0.555. The van der Waals surface area contributed by atoms with Crippen LogP contribution in [0.4, 0.5) is 8.78 Å². The Morgan fingerprint density at radius 3 is 2.33 bits per heavy atom. The minimum Gasteiger partial charge on any atom is -0.239 e. The fraction of sp³-hybridized carbons (Fsp3) is 0.188. The van der Waals surface area contributed by atoms with Gasteiger partial charge in [-0.15, -0.1) is 11.3 Å². The van der Waals surface area contributed by atoms with Crippen molar-refractivity contribution in [1.29, 1.82) is 0 Å². The van der Waals surface area contributed by atoms with E-state index in [4.69, 9.17) is 0 Å². The molecule has 1 heterocycles. The number of sulfonamides is 1. The van der Waals surface area contributed by atoms with Gasteiger partial charge in [0, 0.05) is 7.05 Å². The molecule has 3 rings (SSSR count). The zero-order valence-corrected chi connectivity index (χ0v) is 14.5. The van der Waals surface area contributed by atoms with Gasteiger partial charge in [-0.25, -0.2) is 22.2 Å². The summed E-state index contributed by atoms with van der Waals surface area (Å²) in [6, 6.07) is 9.72. The average Bonchev–Trinajstić information content (AvgIpc) is 2.97. The largest absolute Gasteiger partial charge is 0.249 e. The van der Waals surface area contributed by atoms with Crippen LogP contribution < -0.4 is 0 Å². The van der Waals surface area contributed by atoms with Gasteiger partial charge in [-0.2, -0.15) is 4.31 Å². The van der Waals surface area contributed by atoms with E-state index >= 15 is 0 Å². The summed E-state index contributed by atoms with van der Waals surface area (Å²) in [4.78, 5) is 3.47. The molecule has 8 heteroatoms. The van der Waals surface area contributed by atoms with Crippen molar-refractivity contribution in [2.75, 3.05) is 7.05 Å². The number of hydrogen-bond donors (Lipinski definition) is 0. The number of rotatable bonds is 4. The smallest absolute Gasteiger partial charge is 0.239 e. The molecule has 1 atom stereocenters. The Bertz CT molecular complexity index is 949. The molecule has 0 N–H and O–H groups in total. The van der Waals surface area contributed by atoms with Crippen LogP contribution in [0.1, 0.15) is 18.0 Å². The quantitative estimate of drug-likeness (QED) is 0.700. The Morgan fingerprint density at radius 1 is 1.08 bits per heavy atom. The maximum Gasteiger partial charge on any atom is 0.249 e. The molecule has 0 fully saturated rings. The summed E-state index contributed by atoms with van der Waals surface area (Å²) in [5.74, 6) is -2.23. The van der Waals surface area contributed by atoms with E-state index < -0.39 is 32.6 Å². The maximum absolute atomic E-state index is 13.9. The molecule has 0 bridgehead atoms. The van der Waals surface area contributed by atoms with E-state index in [1.54, 1.807) is 6.92 Å². The van der Waals surface area contributed by atoms with Gasteiger partial charge in [0.05, 0.1) is 16.3 Å². The number of aromatic nitrogens is 1. The molecule has 3 aromatic rings. The SMILES string of the molecule is CC(c1nc2ccccc2s1)N(C)S(=O)(=O)c1c(F)cccc1F. The van der Waals surface area contributed by atoms with Crippen molar-refractivity contribution in [2.45, 2.75) is 17.9 Å². The van der Waals surface area contributed by atoms with Crippen molar-refractivity contribution in [2.24, 2.45) is 0 Å². The van der Waals surface area contributed by atoms with Crippen LogP contribution in [0.2, 0.25) is 0 Å². The number of halogens is 2. The summed E-state index contributed by atoms with van der Waals surface area (Å²) in [6.45, 7) is 1.63. The monoisotopic (exact) mass is 368 g/mol. The maximum atomic E-state index is 13.9. The van der Waals surface area contributed by atoms with E-state index in [0.29, 0.717) is 5.01 Å². The molecule has 0 aliphatic rings. The van der Waals surface area contributed by atoms with Gasteiger partial charge in [0.2, 0.25) is 10.0 Å². The van der Waals surface area contributed by atoms with E-state index in [9.17, 15) is 17.2 Å². The lowest BCUT2D eigenvalue weighted by atomic mass is 10.3. The number of hydrogen-bond acceptors (Lipinski definition) is 4. The Balaban J connectivity index is 2.02. The van der Waals surface area contributed by atoms with E-state index in [1.165, 1.54) is 18.4 Å². The Kier molecular flexibility index (Phi) is 4.37. The lowest BCUT2D eigenvalue weighted by Gasteiger charge is -2.23. The second-order valence-corrected chi connectivity index (χ2v) is 8.26. The van der Waals surface area contributed by atoms with Crippen LogP contribution in [0, 0.1) is 11.6 Å². The highest BCUT2D eigenvalue weighted by atomic mass is 32.2. The van der Waals surface area contributed by atoms with Crippen molar-refractivity contribution in [3.63, 3.8) is 0 Å². The van der Waals surface area contributed by atoms with Gasteiger partial charge in [-0.3, -0.25) is 0 Å². The molecule has 0 saturated carbocycles. The summed E-state index contributed by atoms with van der Waals surface area (Å²) in [6.07, 6.45) is 0. The summed E-state index contributed by atoms with van der Waals surface area (Å²) < 4.78 is 54.9. The van der Waals surface area contributed by atoms with Crippen LogP contribution in [-0.4, -0.2) is 24.8 Å². The van der Waals surface area contributed by atoms with E-state index in [1.807, 2.05) is 24.3 Å². The molecule has 4 nitrogen and oxygen atoms in total. The number of para-hydroxylation sites is 1. The third-order valence-corrected chi connectivity index (χ3v) is 6.96. The highest BCUT2D eigenvalue weighted by molar-refractivity contribution is 7.89. The van der Waals surface area contributed by atoms with Gasteiger partial charge >= 0.3 is 0 Å². The lowest BCUT2D eigenvalue weighted by molar-refractivity contribution is 0.390. The molecule has 0 amide bonds. The first-order valence-electron chi connectivity index (χ1n) is 7.10. The van der Waals surface area contributed by atoms with Crippen LogP contribution >= 0.6 is 11.3 Å². The minimum atomic E-state index is -4.34. The van der Waals surface area contributed by atoms with E-state index in [2.05, 4.69) is 4.98 Å². The van der Waals surface area contributed by atoms with Gasteiger partial charge in [-0.05, 0) is 31.2 Å². The van der Waals surface area contributed by atoms with Crippen LogP contribution in [0.5, 0.6) is 0 Å². The second kappa shape index (κ2) is 6.19. The molecule has 0 spiro atoms. The molecule has 0 aliphatic heterocycles. The summed E-state index contributed by atoms with van der Waals surface area (Å²) >= 11 is 1.35. The van der Waals surface area contributed by atoms with Crippen molar-refractivity contribution in [1.82, 2.24) is 9.29 Å². The Hall–Kier alpha value is -1.90. The fourth-order valence-electron chi connectivity index (χ4n) is 2.31. The second-order valence-electron chi connectivity index (χ2n) is 5.27. The van der Waals surface area contributed by atoms with Crippen LogP contribution in [0.15, 0.2) is 47.4 Å². The fourth-order valence-corrected chi connectivity index (χ4v) is 4.87. The van der Waals surface area contributed by atoms with Gasteiger partial charge in [0.1, 0.15) is 16.6 Å². The molecule has 2 aromatic carbocycles. The van der Waals surface area contributed by atoms with Crippen molar-refractivity contribution < 1.29 is 17.2 Å². The summed E-state index contributed by atoms with van der Waals surface area (Å²) in [5.41, 5.74) is 0.757. The molecule has 0 saturated heterocycles. The standard InChI is InChI=1S/C16H14F2N2O2S2/c1-10(16-19-13-8-3-4-9-14(13)23-16)20(2)24(21,22)15-11(17)6-5-7-12(15)18/h3-10H,1-2H3. The van der Waals surface area contributed by atoms with Crippen molar-refractivity contribution >= 4 is 31.6 Å². The third kappa shape index (κ3) is 2.81. The minimum absolute atomic E-state index is 0.555. The van der Waals surface area contributed by atoms with Crippen LogP contribution in [0.3, 0.4) is 0 Å². The number of nitrogens with zero attached hydrogens (tertiary/aromatic N) is 2. The average molecular weight is 368 g/mol. The van der Waals surface area contributed by atoms with Crippen LogP contribution in [0.25, 0.3) is 10.2 Å². The normalized spacial score (nSPS) is 13.5. The highest BCUT2D eigenvalue weighted by Gasteiger charge is 2.32. The third-order valence-electron chi connectivity index (χ3n) is 3.77. The van der Waals surface area contributed by atoms with Gasteiger partial charge < -0.3 is 0 Å². The number of benzene rings is 2. The first kappa shape index (κ1) is 16.9. The molecular weight excluding hydrogens is 354 g/mol. The molecule has 1 aromatic heterocycles. The van der Waals surface area contributed by atoms with Gasteiger partial charge in [0.15, 0.2) is 4.90 Å². The zero-order valence-electron chi connectivity index (χ0n) is 12.9. The van der Waals surface area contributed by atoms with E-state index in [-0.39, 0.29) is 0 Å². The molecule has 0 aliphatic carbocycles. The lowest BCUT2D eigenvalue weighted by Crippen LogP contribution is -2.31. The predicted octanol–water partition coefficient (Wildman–Crippen LogP) is 3.96. The zero-order chi connectivity index (χ0) is 17.5. The Labute approximate surface area is 142 Å². The molecule has 24 heavy (non-hydrogen) atoms. The predicted molar refractivity (Wildman–Crippen MR) is 89.3 cm³/mol. The van der Waals surface area contributed by atoms with Gasteiger partial charge in [-0.1, -0.05) is 18.2 Å². The topological polar surface area (TPSA) is 50.3 Å². The molecule has 0 radical (unpaired) electrons. The molecule has 1 unspecified atom stereocenters. The number of thiazole rings is 1. The van der Waals surface area contributed by atoms with E-state index in [0.717, 1.165) is 32.7 Å². The van der Waals surface area contributed by atoms with Gasteiger partial charge in [0.25, 0.3) is 0 Å². The molecule has 126 valence electrons. The first-order valence-corrected chi connectivity index (χ1v) is 9.35. The highest BCUT2D eigenvalue weighted by Crippen LogP contribution is 2.32.